The van der Waals surface area contributed by atoms with Crippen molar-refractivity contribution >= 4 is 30.5 Å². The highest BCUT2D eigenvalue weighted by Gasteiger charge is 2.35. The maximum atomic E-state index is 13.4. The molecule has 0 unspecified atom stereocenters. The molecule has 154 valence electrons. The highest BCUT2D eigenvalue weighted by molar-refractivity contribution is 7.62. The average Bonchev–Trinajstić information content (AvgIpc) is 3.14. The van der Waals surface area contributed by atoms with Crippen LogP contribution in [-0.4, -0.2) is 18.2 Å². The average molecular weight is 435 g/mol. The second-order valence-corrected chi connectivity index (χ2v) is 8.72. The van der Waals surface area contributed by atoms with Gasteiger partial charge < -0.3 is 18.8 Å². The van der Waals surface area contributed by atoms with Crippen molar-refractivity contribution in [3.63, 3.8) is 0 Å². The second-order valence-electron chi connectivity index (χ2n) is 6.35. The largest absolute Gasteiger partial charge is 0.420 e. The molecule has 0 saturated heterocycles. The van der Waals surface area contributed by atoms with E-state index in [9.17, 15) is 4.57 Å². The smallest absolute Gasteiger partial charge is 0.385 e. The van der Waals surface area contributed by atoms with Crippen LogP contribution in [0, 0.1) is 6.92 Å². The van der Waals surface area contributed by atoms with E-state index in [4.69, 9.17) is 25.1 Å². The lowest BCUT2D eigenvalue weighted by atomic mass is 10.1. The second kappa shape index (κ2) is 9.59. The molecular weight excluding hydrogens is 411 g/mol. The zero-order valence-corrected chi connectivity index (χ0v) is 18.3. The fourth-order valence-electron chi connectivity index (χ4n) is 2.72. The van der Waals surface area contributed by atoms with E-state index in [0.29, 0.717) is 23.0 Å². The molecule has 29 heavy (non-hydrogen) atoms. The van der Waals surface area contributed by atoms with Crippen LogP contribution in [0.1, 0.15) is 25.0 Å². The van der Waals surface area contributed by atoms with Crippen LogP contribution in [0.3, 0.4) is 0 Å². The Morgan fingerprint density at radius 2 is 1.66 bits per heavy atom. The van der Waals surface area contributed by atoms with Gasteiger partial charge in [0.05, 0.1) is 13.2 Å². The van der Waals surface area contributed by atoms with E-state index in [1.165, 1.54) is 5.56 Å². The van der Waals surface area contributed by atoms with Crippen LogP contribution in [0.4, 0.5) is 5.88 Å². The molecule has 0 fully saturated rings. The summed E-state index contributed by atoms with van der Waals surface area (Å²) in [5.41, 5.74) is 3.07. The van der Waals surface area contributed by atoms with Crippen molar-refractivity contribution in [3.05, 3.63) is 64.7 Å². The Morgan fingerprint density at radius 1 is 1.03 bits per heavy atom. The SMILES string of the molecule is CCOP(=O)(OCC)c1nc(-c2ccc(Cl)cc2)oc1NCc1ccc(C)cc1. The molecule has 0 aliphatic rings. The Bertz CT molecular complexity index is 977. The number of hydrogen-bond acceptors (Lipinski definition) is 6. The van der Waals surface area contributed by atoms with E-state index in [0.717, 1.165) is 5.56 Å². The Labute approximate surface area is 175 Å². The van der Waals surface area contributed by atoms with E-state index >= 15 is 0 Å². The Hall–Kier alpha value is -2.11. The fourth-order valence-corrected chi connectivity index (χ4v) is 4.43. The number of nitrogens with zero attached hydrogens (tertiary/aromatic N) is 1. The standard InChI is InChI=1S/C21H24ClN2O4P/c1-4-26-29(25,27-5-2)21-20(23-14-16-8-6-15(3)7-9-16)28-19(24-21)17-10-12-18(22)13-11-17/h6-13,23H,4-5,14H2,1-3H3. The van der Waals surface area contributed by atoms with Crippen molar-refractivity contribution in [2.75, 3.05) is 18.5 Å². The molecule has 0 radical (unpaired) electrons. The molecule has 0 aliphatic carbocycles. The van der Waals surface area contributed by atoms with Crippen molar-refractivity contribution in [2.45, 2.75) is 27.3 Å². The zero-order chi connectivity index (χ0) is 20.9. The minimum absolute atomic E-state index is 0.137. The Morgan fingerprint density at radius 3 is 2.24 bits per heavy atom. The molecule has 1 heterocycles. The van der Waals surface area contributed by atoms with Crippen molar-refractivity contribution in [2.24, 2.45) is 0 Å². The highest BCUT2D eigenvalue weighted by Crippen LogP contribution is 2.49. The summed E-state index contributed by atoms with van der Waals surface area (Å²) in [5.74, 6) is 0.573. The molecule has 1 aromatic heterocycles. The summed E-state index contributed by atoms with van der Waals surface area (Å²) in [6.45, 7) is 6.46. The first-order chi connectivity index (χ1) is 13.9. The molecule has 1 N–H and O–H groups in total. The van der Waals surface area contributed by atoms with Crippen molar-refractivity contribution in [1.29, 1.82) is 0 Å². The lowest BCUT2D eigenvalue weighted by Gasteiger charge is -2.15. The molecule has 0 bridgehead atoms. The van der Waals surface area contributed by atoms with Crippen LogP contribution in [0.15, 0.2) is 52.9 Å². The molecule has 3 rings (SSSR count). The lowest BCUT2D eigenvalue weighted by Crippen LogP contribution is -2.16. The van der Waals surface area contributed by atoms with Crippen molar-refractivity contribution in [3.8, 4) is 11.5 Å². The van der Waals surface area contributed by atoms with Gasteiger partial charge in [0, 0.05) is 17.1 Å². The van der Waals surface area contributed by atoms with Gasteiger partial charge >= 0.3 is 7.60 Å². The van der Waals surface area contributed by atoms with Crippen LogP contribution < -0.4 is 10.8 Å². The van der Waals surface area contributed by atoms with E-state index in [-0.39, 0.29) is 24.5 Å². The minimum Gasteiger partial charge on any atom is -0.420 e. The summed E-state index contributed by atoms with van der Waals surface area (Å²) in [6, 6.07) is 15.1. The maximum absolute atomic E-state index is 13.4. The predicted molar refractivity (Wildman–Crippen MR) is 116 cm³/mol. The molecular formula is C21H24ClN2O4P. The van der Waals surface area contributed by atoms with Gasteiger partial charge in [-0.15, -0.1) is 0 Å². The quantitative estimate of drug-likeness (QED) is 0.428. The van der Waals surface area contributed by atoms with Crippen LogP contribution in [0.5, 0.6) is 0 Å². The van der Waals surface area contributed by atoms with E-state index in [2.05, 4.69) is 10.3 Å². The van der Waals surface area contributed by atoms with Gasteiger partial charge in [-0.2, -0.15) is 4.98 Å². The first-order valence-corrected chi connectivity index (χ1v) is 11.3. The van der Waals surface area contributed by atoms with Gasteiger partial charge in [0.25, 0.3) is 0 Å². The Balaban J connectivity index is 1.97. The van der Waals surface area contributed by atoms with Crippen LogP contribution in [0.2, 0.25) is 5.02 Å². The number of oxazole rings is 1. The number of benzene rings is 2. The number of aromatic nitrogens is 1. The number of nitrogens with one attached hydrogen (secondary N) is 1. The van der Waals surface area contributed by atoms with Gasteiger partial charge in [-0.25, -0.2) is 0 Å². The summed E-state index contributed by atoms with van der Waals surface area (Å²) < 4.78 is 30.3. The maximum Gasteiger partial charge on any atom is 0.385 e. The van der Waals surface area contributed by atoms with Crippen LogP contribution >= 0.6 is 19.2 Å². The lowest BCUT2D eigenvalue weighted by molar-refractivity contribution is 0.229. The van der Waals surface area contributed by atoms with E-state index in [1.807, 2.05) is 31.2 Å². The summed E-state index contributed by atoms with van der Waals surface area (Å²) in [6.07, 6.45) is 0. The van der Waals surface area contributed by atoms with Crippen LogP contribution in [-0.2, 0) is 20.2 Å². The number of hydrogen-bond donors (Lipinski definition) is 1. The predicted octanol–water partition coefficient (Wildman–Crippen LogP) is 5.81. The molecule has 6 nitrogen and oxygen atoms in total. The van der Waals surface area contributed by atoms with Gasteiger partial charge in [0.1, 0.15) is 0 Å². The molecule has 3 aromatic rings. The van der Waals surface area contributed by atoms with Crippen molar-refractivity contribution in [1.82, 2.24) is 4.98 Å². The third-order valence-corrected chi connectivity index (χ3v) is 6.40. The third kappa shape index (κ3) is 5.28. The van der Waals surface area contributed by atoms with Gasteiger partial charge in [0.2, 0.25) is 17.2 Å². The monoisotopic (exact) mass is 434 g/mol. The Kier molecular flexibility index (Phi) is 7.14. The summed E-state index contributed by atoms with van der Waals surface area (Å²) >= 11 is 5.97. The fraction of sp³-hybridized carbons (Fsp3) is 0.286. The van der Waals surface area contributed by atoms with Gasteiger partial charge in [0.15, 0.2) is 0 Å². The number of anilines is 1. The minimum atomic E-state index is -3.64. The van der Waals surface area contributed by atoms with Gasteiger partial charge in [-0.1, -0.05) is 41.4 Å². The van der Waals surface area contributed by atoms with E-state index in [1.54, 1.807) is 38.1 Å². The number of halogens is 1. The number of aryl methyl sites for hydroxylation is 1. The normalized spacial score (nSPS) is 11.6. The van der Waals surface area contributed by atoms with Gasteiger partial charge in [-0.3, -0.25) is 4.57 Å². The third-order valence-electron chi connectivity index (χ3n) is 4.13. The number of rotatable bonds is 9. The molecule has 0 saturated carbocycles. The first-order valence-electron chi connectivity index (χ1n) is 9.41. The molecule has 2 aromatic carbocycles. The molecule has 0 atom stereocenters. The summed E-state index contributed by atoms with van der Waals surface area (Å²) in [4.78, 5) is 4.46. The molecule has 8 heteroatoms. The topological polar surface area (TPSA) is 73.6 Å². The van der Waals surface area contributed by atoms with Crippen molar-refractivity contribution < 1.29 is 18.0 Å². The molecule has 0 amide bonds. The summed E-state index contributed by atoms with van der Waals surface area (Å²) in [5, 5.41) is 3.79. The van der Waals surface area contributed by atoms with Gasteiger partial charge in [-0.05, 0) is 50.6 Å². The first kappa shape index (κ1) is 21.6. The zero-order valence-electron chi connectivity index (χ0n) is 16.6. The summed E-state index contributed by atoms with van der Waals surface area (Å²) in [7, 11) is -3.64. The molecule has 0 aliphatic heterocycles. The highest BCUT2D eigenvalue weighted by atomic mass is 35.5. The van der Waals surface area contributed by atoms with Crippen LogP contribution in [0.25, 0.3) is 11.5 Å². The van der Waals surface area contributed by atoms with E-state index < -0.39 is 7.60 Å². The molecule has 0 spiro atoms.